The Hall–Kier alpha value is -1.10. The zero-order chi connectivity index (χ0) is 15.5. The molecule has 116 valence electrons. The molecule has 1 rings (SSSR count). The highest BCUT2D eigenvalue weighted by Crippen LogP contribution is 2.44. The lowest BCUT2D eigenvalue weighted by molar-refractivity contribution is -0.150. The summed E-state index contributed by atoms with van der Waals surface area (Å²) in [4.78, 5) is 23.0. The van der Waals surface area contributed by atoms with Crippen molar-refractivity contribution < 1.29 is 14.7 Å². The topological polar surface area (TPSA) is 78.4 Å². The van der Waals surface area contributed by atoms with Gasteiger partial charge in [0.25, 0.3) is 0 Å². The van der Waals surface area contributed by atoms with Crippen molar-refractivity contribution in [2.45, 2.75) is 59.5 Å². The van der Waals surface area contributed by atoms with Crippen LogP contribution in [0.15, 0.2) is 0 Å². The summed E-state index contributed by atoms with van der Waals surface area (Å²) in [6, 6.07) is 0.333. The molecule has 3 atom stereocenters. The van der Waals surface area contributed by atoms with Gasteiger partial charge in [0.05, 0.1) is 12.5 Å². The van der Waals surface area contributed by atoms with E-state index in [0.29, 0.717) is 13.0 Å². The minimum Gasteiger partial charge on any atom is -0.481 e. The average molecular weight is 284 g/mol. The molecular weight excluding hydrogens is 256 g/mol. The highest BCUT2D eigenvalue weighted by atomic mass is 16.4. The van der Waals surface area contributed by atoms with Crippen LogP contribution >= 0.6 is 0 Å². The van der Waals surface area contributed by atoms with Gasteiger partial charge in [0.15, 0.2) is 0 Å². The van der Waals surface area contributed by atoms with E-state index in [1.54, 1.807) is 0 Å². The second-order valence-electron chi connectivity index (χ2n) is 6.79. The van der Waals surface area contributed by atoms with E-state index in [4.69, 9.17) is 0 Å². The maximum Gasteiger partial charge on any atom is 0.307 e. The number of carboxylic acids is 1. The van der Waals surface area contributed by atoms with Crippen LogP contribution in [0, 0.1) is 17.3 Å². The van der Waals surface area contributed by atoms with Crippen molar-refractivity contribution in [3.8, 4) is 0 Å². The first kappa shape index (κ1) is 17.0. The van der Waals surface area contributed by atoms with Gasteiger partial charge in [-0.2, -0.15) is 0 Å². The van der Waals surface area contributed by atoms with Crippen molar-refractivity contribution in [3.05, 3.63) is 0 Å². The van der Waals surface area contributed by atoms with Crippen LogP contribution in [-0.2, 0) is 9.59 Å². The molecule has 0 spiro atoms. The molecule has 3 unspecified atom stereocenters. The maximum absolute atomic E-state index is 11.7. The molecule has 1 saturated carbocycles. The fraction of sp³-hybridized carbons (Fsp3) is 0.867. The molecule has 5 nitrogen and oxygen atoms in total. The normalized spacial score (nSPS) is 29.2. The lowest BCUT2D eigenvalue weighted by atomic mass is 9.61. The van der Waals surface area contributed by atoms with Gasteiger partial charge >= 0.3 is 5.97 Å². The van der Waals surface area contributed by atoms with Crippen LogP contribution < -0.4 is 10.6 Å². The second kappa shape index (κ2) is 6.57. The van der Waals surface area contributed by atoms with E-state index in [9.17, 15) is 14.7 Å². The van der Waals surface area contributed by atoms with E-state index in [0.717, 1.165) is 6.42 Å². The SMILES string of the molecule is CC(C)NC(=O)CNC1CCC(C(=O)O)C(C)(C)C1C. The molecular formula is C15H28N2O3. The van der Waals surface area contributed by atoms with E-state index in [1.807, 2.05) is 27.7 Å². The van der Waals surface area contributed by atoms with Crippen molar-refractivity contribution in [2.75, 3.05) is 6.54 Å². The molecule has 0 bridgehead atoms. The van der Waals surface area contributed by atoms with Gasteiger partial charge in [-0.1, -0.05) is 20.8 Å². The molecule has 1 fully saturated rings. The predicted octanol–water partition coefficient (Wildman–Crippen LogP) is 1.63. The first-order chi connectivity index (χ1) is 9.16. The van der Waals surface area contributed by atoms with Crippen LogP contribution in [-0.4, -0.2) is 35.6 Å². The zero-order valence-corrected chi connectivity index (χ0v) is 13.2. The van der Waals surface area contributed by atoms with Crippen molar-refractivity contribution in [1.82, 2.24) is 10.6 Å². The van der Waals surface area contributed by atoms with Crippen LogP contribution in [0.2, 0.25) is 0 Å². The first-order valence-corrected chi connectivity index (χ1v) is 7.41. The van der Waals surface area contributed by atoms with Crippen molar-refractivity contribution in [1.29, 1.82) is 0 Å². The number of aliphatic carboxylic acids is 1. The summed E-state index contributed by atoms with van der Waals surface area (Å²) in [5.74, 6) is -0.813. The Kier molecular flexibility index (Phi) is 5.57. The number of hydrogen-bond donors (Lipinski definition) is 3. The molecule has 0 aromatic rings. The summed E-state index contributed by atoms with van der Waals surface area (Å²) in [6.45, 7) is 10.3. The number of carbonyl (C=O) groups is 2. The van der Waals surface area contributed by atoms with Gasteiger partial charge in [-0.3, -0.25) is 9.59 Å². The van der Waals surface area contributed by atoms with Crippen molar-refractivity contribution >= 4 is 11.9 Å². The van der Waals surface area contributed by atoms with Gasteiger partial charge < -0.3 is 15.7 Å². The third-order valence-corrected chi connectivity index (χ3v) is 4.71. The third-order valence-electron chi connectivity index (χ3n) is 4.71. The van der Waals surface area contributed by atoms with Crippen LogP contribution in [0.4, 0.5) is 0 Å². The average Bonchev–Trinajstić information content (AvgIpc) is 2.29. The molecule has 0 radical (unpaired) electrons. The van der Waals surface area contributed by atoms with Crippen molar-refractivity contribution in [3.63, 3.8) is 0 Å². The Morgan fingerprint density at radius 2 is 1.90 bits per heavy atom. The lowest BCUT2D eigenvalue weighted by Gasteiger charge is -2.46. The van der Waals surface area contributed by atoms with Crippen LogP contribution in [0.5, 0.6) is 0 Å². The molecule has 0 aliphatic heterocycles. The Morgan fingerprint density at radius 1 is 1.30 bits per heavy atom. The minimum absolute atomic E-state index is 0.00892. The summed E-state index contributed by atoms with van der Waals surface area (Å²) in [6.07, 6.45) is 1.46. The van der Waals surface area contributed by atoms with E-state index < -0.39 is 5.97 Å². The highest BCUT2D eigenvalue weighted by Gasteiger charge is 2.46. The molecule has 3 N–H and O–H groups in total. The Bertz CT molecular complexity index is 366. The standard InChI is InChI=1S/C15H28N2O3/c1-9(2)17-13(18)8-16-12-7-6-11(14(19)20)15(4,5)10(12)3/h9-12,16H,6-8H2,1-5H3,(H,17,18)(H,19,20). The summed E-state index contributed by atoms with van der Waals surface area (Å²) >= 11 is 0. The number of amides is 1. The monoisotopic (exact) mass is 284 g/mol. The summed E-state index contributed by atoms with van der Waals surface area (Å²) < 4.78 is 0. The molecule has 0 saturated heterocycles. The van der Waals surface area contributed by atoms with Gasteiger partial charge in [0, 0.05) is 12.1 Å². The molecule has 0 aromatic carbocycles. The molecule has 1 amide bonds. The molecule has 20 heavy (non-hydrogen) atoms. The number of nitrogens with one attached hydrogen (secondary N) is 2. The molecule has 0 aromatic heterocycles. The maximum atomic E-state index is 11.7. The van der Waals surface area contributed by atoms with Crippen LogP contribution in [0.3, 0.4) is 0 Å². The molecule has 1 aliphatic carbocycles. The smallest absolute Gasteiger partial charge is 0.307 e. The fourth-order valence-electron chi connectivity index (χ4n) is 3.12. The first-order valence-electron chi connectivity index (χ1n) is 7.41. The van der Waals surface area contributed by atoms with E-state index in [2.05, 4.69) is 17.6 Å². The Morgan fingerprint density at radius 3 is 2.40 bits per heavy atom. The second-order valence-corrected chi connectivity index (χ2v) is 6.79. The predicted molar refractivity (Wildman–Crippen MR) is 78.4 cm³/mol. The van der Waals surface area contributed by atoms with Crippen LogP contribution in [0.1, 0.15) is 47.5 Å². The quantitative estimate of drug-likeness (QED) is 0.717. The minimum atomic E-state index is -0.710. The Labute approximate surface area is 121 Å². The summed E-state index contributed by atoms with van der Waals surface area (Å²) in [5.41, 5.74) is -0.268. The number of carboxylic acid groups (broad SMARTS) is 1. The Balaban J connectivity index is 2.58. The number of hydrogen-bond acceptors (Lipinski definition) is 3. The molecule has 0 heterocycles. The van der Waals surface area contributed by atoms with Gasteiger partial charge in [-0.05, 0) is 38.0 Å². The van der Waals surface area contributed by atoms with E-state index >= 15 is 0 Å². The summed E-state index contributed by atoms with van der Waals surface area (Å²) in [7, 11) is 0. The van der Waals surface area contributed by atoms with Crippen molar-refractivity contribution in [2.24, 2.45) is 17.3 Å². The van der Waals surface area contributed by atoms with Gasteiger partial charge in [0.1, 0.15) is 0 Å². The number of carbonyl (C=O) groups excluding carboxylic acids is 1. The number of rotatable bonds is 5. The fourth-order valence-corrected chi connectivity index (χ4v) is 3.12. The summed E-state index contributed by atoms with van der Waals surface area (Å²) in [5, 5.41) is 15.4. The molecule has 5 heteroatoms. The van der Waals surface area contributed by atoms with Gasteiger partial charge in [0.2, 0.25) is 5.91 Å². The third kappa shape index (κ3) is 3.95. The highest BCUT2D eigenvalue weighted by molar-refractivity contribution is 5.78. The van der Waals surface area contributed by atoms with E-state index in [1.165, 1.54) is 0 Å². The largest absolute Gasteiger partial charge is 0.481 e. The van der Waals surface area contributed by atoms with Crippen LogP contribution in [0.25, 0.3) is 0 Å². The molecule has 1 aliphatic rings. The zero-order valence-electron chi connectivity index (χ0n) is 13.2. The van der Waals surface area contributed by atoms with E-state index in [-0.39, 0.29) is 35.2 Å². The lowest BCUT2D eigenvalue weighted by Crippen LogP contribution is -2.53. The van der Waals surface area contributed by atoms with Gasteiger partial charge in [-0.15, -0.1) is 0 Å². The van der Waals surface area contributed by atoms with Gasteiger partial charge in [-0.25, -0.2) is 0 Å².